The highest BCUT2D eigenvalue weighted by Gasteiger charge is 2.06. The lowest BCUT2D eigenvalue weighted by Crippen LogP contribution is -2.03. The van der Waals surface area contributed by atoms with Gasteiger partial charge in [0, 0.05) is 12.6 Å². The highest BCUT2D eigenvalue weighted by atomic mass is 14.7. The van der Waals surface area contributed by atoms with E-state index in [4.69, 9.17) is 0 Å². The molecule has 0 N–H and O–H groups in total. The van der Waals surface area contributed by atoms with Gasteiger partial charge in [-0.05, 0) is 18.6 Å². The van der Waals surface area contributed by atoms with Gasteiger partial charge in [-0.1, -0.05) is 30.9 Å². The van der Waals surface area contributed by atoms with E-state index in [0.29, 0.717) is 0 Å². The molecule has 0 aromatic carbocycles. The monoisotopic (exact) mass is 159 g/mol. The van der Waals surface area contributed by atoms with Crippen LogP contribution in [0.2, 0.25) is 0 Å². The third-order valence-corrected chi connectivity index (χ3v) is 1.83. The predicted octanol–water partition coefficient (Wildman–Crippen LogP) is 2.69. The van der Waals surface area contributed by atoms with E-state index in [2.05, 4.69) is 24.6 Å². The summed E-state index contributed by atoms with van der Waals surface area (Å²) < 4.78 is 0. The molecule has 1 nitrogen and oxygen atoms in total. The summed E-state index contributed by atoms with van der Waals surface area (Å²) >= 11 is 0. The van der Waals surface area contributed by atoms with Gasteiger partial charge in [-0.15, -0.1) is 0 Å². The minimum Gasteiger partial charge on any atom is -0.288 e. The lowest BCUT2D eigenvalue weighted by molar-refractivity contribution is 1.38. The zero-order valence-electron chi connectivity index (χ0n) is 7.54. The van der Waals surface area contributed by atoms with Gasteiger partial charge in [-0.25, -0.2) is 0 Å². The summed E-state index contributed by atoms with van der Waals surface area (Å²) in [5.41, 5.74) is 3.42. The van der Waals surface area contributed by atoms with Crippen LogP contribution in [0.15, 0.2) is 53.1 Å². The number of nitrogens with zero attached hydrogens (tertiary/aromatic N) is 1. The van der Waals surface area contributed by atoms with Crippen molar-refractivity contribution in [2.45, 2.75) is 6.92 Å². The molecule has 0 bridgehead atoms. The van der Waals surface area contributed by atoms with E-state index in [1.54, 1.807) is 13.1 Å². The fraction of sp³-hybridized carbons (Fsp3) is 0.182. The normalized spacial score (nSPS) is 23.0. The molecule has 0 amide bonds. The summed E-state index contributed by atoms with van der Waals surface area (Å²) in [5.74, 6) is 0. The summed E-state index contributed by atoms with van der Waals surface area (Å²) in [4.78, 5) is 4.17. The van der Waals surface area contributed by atoms with Gasteiger partial charge in [0.2, 0.25) is 0 Å². The lowest BCUT2D eigenvalue weighted by atomic mass is 9.97. The molecule has 0 saturated heterocycles. The van der Waals surface area contributed by atoms with E-state index in [0.717, 1.165) is 11.3 Å². The second-order valence-electron chi connectivity index (χ2n) is 2.63. The number of allylic oxidation sites excluding steroid dienone is 7. The molecule has 0 saturated carbocycles. The average Bonchev–Trinajstić information content (AvgIpc) is 2.09. The number of aliphatic imine (C=N–C) groups is 1. The predicted molar refractivity (Wildman–Crippen MR) is 54.5 cm³/mol. The lowest BCUT2D eigenvalue weighted by Gasteiger charge is -2.10. The Balaban J connectivity index is 3.11. The minimum atomic E-state index is 1.02. The maximum Gasteiger partial charge on any atom is 0.0645 e. The van der Waals surface area contributed by atoms with Gasteiger partial charge in [0.15, 0.2) is 0 Å². The number of hydrogen-bond acceptors (Lipinski definition) is 1. The van der Waals surface area contributed by atoms with Gasteiger partial charge < -0.3 is 0 Å². The largest absolute Gasteiger partial charge is 0.288 e. The minimum absolute atomic E-state index is 1.02. The Morgan fingerprint density at radius 1 is 1.50 bits per heavy atom. The van der Waals surface area contributed by atoms with Crippen molar-refractivity contribution >= 4 is 5.71 Å². The Morgan fingerprint density at radius 3 is 2.83 bits per heavy atom. The summed E-state index contributed by atoms with van der Waals surface area (Å²) in [6.45, 7) is 5.75. The third kappa shape index (κ3) is 1.62. The van der Waals surface area contributed by atoms with Crippen LogP contribution in [0.3, 0.4) is 0 Å². The first kappa shape index (κ1) is 8.72. The molecule has 12 heavy (non-hydrogen) atoms. The topological polar surface area (TPSA) is 12.4 Å². The van der Waals surface area contributed by atoms with Crippen molar-refractivity contribution < 1.29 is 0 Å². The molecule has 0 aromatic heterocycles. The van der Waals surface area contributed by atoms with Gasteiger partial charge in [-0.2, -0.15) is 0 Å². The van der Waals surface area contributed by atoms with Crippen LogP contribution in [0.1, 0.15) is 6.92 Å². The fourth-order valence-electron chi connectivity index (χ4n) is 1.19. The van der Waals surface area contributed by atoms with E-state index >= 15 is 0 Å². The van der Waals surface area contributed by atoms with Crippen molar-refractivity contribution in [1.82, 2.24) is 0 Å². The Morgan fingerprint density at radius 2 is 2.25 bits per heavy atom. The van der Waals surface area contributed by atoms with Crippen LogP contribution in [0.5, 0.6) is 0 Å². The number of rotatable bonds is 1. The molecule has 0 atom stereocenters. The third-order valence-electron chi connectivity index (χ3n) is 1.83. The highest BCUT2D eigenvalue weighted by molar-refractivity contribution is 6.12. The van der Waals surface area contributed by atoms with E-state index in [9.17, 15) is 0 Å². The van der Waals surface area contributed by atoms with Crippen molar-refractivity contribution in [2.24, 2.45) is 4.99 Å². The molecule has 0 radical (unpaired) electrons. The first-order valence-corrected chi connectivity index (χ1v) is 3.95. The second kappa shape index (κ2) is 3.86. The molecule has 0 fully saturated rings. The van der Waals surface area contributed by atoms with Crippen LogP contribution in [0, 0.1) is 0 Å². The average molecular weight is 159 g/mol. The van der Waals surface area contributed by atoms with Crippen LogP contribution in [0.4, 0.5) is 0 Å². The smallest absolute Gasteiger partial charge is 0.0645 e. The van der Waals surface area contributed by atoms with E-state index in [-0.39, 0.29) is 0 Å². The fourth-order valence-corrected chi connectivity index (χ4v) is 1.19. The molecule has 1 aliphatic carbocycles. The Kier molecular flexibility index (Phi) is 2.81. The Bertz CT molecular complexity index is 301. The standard InChI is InChI=1S/C11H13N/c1-4-6-10-9(2)7-5-8-11(10)12-3/h4-8H,1H2,2-3H3/b10-6-,12-11?. The molecular formula is C11H13N. The first-order chi connectivity index (χ1) is 5.79. The van der Waals surface area contributed by atoms with Gasteiger partial charge in [0.05, 0.1) is 5.71 Å². The Labute approximate surface area is 73.5 Å². The molecular weight excluding hydrogens is 146 g/mol. The van der Waals surface area contributed by atoms with Crippen LogP contribution in [-0.4, -0.2) is 12.8 Å². The van der Waals surface area contributed by atoms with Crippen LogP contribution in [0.25, 0.3) is 0 Å². The van der Waals surface area contributed by atoms with Crippen LogP contribution >= 0.6 is 0 Å². The molecule has 0 aliphatic heterocycles. The molecule has 1 aliphatic rings. The second-order valence-corrected chi connectivity index (χ2v) is 2.63. The summed E-state index contributed by atoms with van der Waals surface area (Å²) in [6.07, 6.45) is 9.86. The van der Waals surface area contributed by atoms with Gasteiger partial charge in [0.1, 0.15) is 0 Å². The summed E-state index contributed by atoms with van der Waals surface area (Å²) in [7, 11) is 1.80. The number of hydrogen-bond donors (Lipinski definition) is 0. The van der Waals surface area contributed by atoms with Crippen molar-refractivity contribution in [1.29, 1.82) is 0 Å². The van der Waals surface area contributed by atoms with E-state index in [1.165, 1.54) is 5.57 Å². The maximum absolute atomic E-state index is 4.17. The molecule has 0 heterocycles. The van der Waals surface area contributed by atoms with Crippen molar-refractivity contribution in [3.05, 3.63) is 48.1 Å². The van der Waals surface area contributed by atoms with Crippen molar-refractivity contribution in [3.8, 4) is 0 Å². The van der Waals surface area contributed by atoms with Gasteiger partial charge in [0.25, 0.3) is 0 Å². The highest BCUT2D eigenvalue weighted by Crippen LogP contribution is 2.16. The van der Waals surface area contributed by atoms with Crippen molar-refractivity contribution in [3.63, 3.8) is 0 Å². The van der Waals surface area contributed by atoms with Gasteiger partial charge in [-0.3, -0.25) is 4.99 Å². The molecule has 0 unspecified atom stereocenters. The zero-order valence-corrected chi connectivity index (χ0v) is 7.54. The Hall–Kier alpha value is -1.37. The SMILES string of the molecule is C=C/C=C1/C(C)=CC=CC1=NC. The maximum atomic E-state index is 4.17. The van der Waals surface area contributed by atoms with E-state index in [1.807, 2.05) is 18.2 Å². The molecule has 62 valence electrons. The molecule has 1 rings (SSSR count). The molecule has 0 aromatic rings. The molecule has 1 heteroatoms. The van der Waals surface area contributed by atoms with Gasteiger partial charge >= 0.3 is 0 Å². The first-order valence-electron chi connectivity index (χ1n) is 3.95. The quantitative estimate of drug-likeness (QED) is 0.557. The summed E-state index contributed by atoms with van der Waals surface area (Å²) in [6, 6.07) is 0. The van der Waals surface area contributed by atoms with Crippen molar-refractivity contribution in [2.75, 3.05) is 7.05 Å². The zero-order chi connectivity index (χ0) is 8.97. The molecule has 0 spiro atoms. The van der Waals surface area contributed by atoms with E-state index < -0.39 is 0 Å². The summed E-state index contributed by atoms with van der Waals surface area (Å²) in [5, 5.41) is 0. The van der Waals surface area contributed by atoms with Crippen LogP contribution < -0.4 is 0 Å². The van der Waals surface area contributed by atoms with Crippen LogP contribution in [-0.2, 0) is 0 Å².